The number of rotatable bonds is 5. The van der Waals surface area contributed by atoms with E-state index in [1.807, 2.05) is 13.8 Å². The number of nitrogens with one attached hydrogen (secondary N) is 1. The largest absolute Gasteiger partial charge is 0.478 e. The van der Waals surface area contributed by atoms with Crippen molar-refractivity contribution in [2.45, 2.75) is 33.6 Å². The summed E-state index contributed by atoms with van der Waals surface area (Å²) >= 11 is 0. The van der Waals surface area contributed by atoms with Crippen LogP contribution in [-0.2, 0) is 0 Å². The fourth-order valence-corrected chi connectivity index (χ4v) is 2.85. The first-order valence-corrected chi connectivity index (χ1v) is 8.45. The van der Waals surface area contributed by atoms with Crippen molar-refractivity contribution in [3.63, 3.8) is 0 Å². The number of carboxylic acid groups (broad SMARTS) is 1. The van der Waals surface area contributed by atoms with Gasteiger partial charge in [-0.05, 0) is 32.0 Å². The second-order valence-corrected chi connectivity index (χ2v) is 6.53. The van der Waals surface area contributed by atoms with Crippen molar-refractivity contribution in [1.29, 1.82) is 0 Å². The highest BCUT2D eigenvalue weighted by Gasteiger charge is 2.23. The Morgan fingerprint density at radius 2 is 2.00 bits per heavy atom. The molecule has 0 atom stereocenters. The van der Waals surface area contributed by atoms with Crippen LogP contribution in [0.5, 0.6) is 0 Å². The zero-order chi connectivity index (χ0) is 19.7. The third kappa shape index (κ3) is 3.46. The van der Waals surface area contributed by atoms with Crippen molar-refractivity contribution in [2.24, 2.45) is 0 Å². The number of carbonyl (C=O) groups is 2. The minimum absolute atomic E-state index is 0.0273. The highest BCUT2D eigenvalue weighted by Crippen LogP contribution is 2.24. The van der Waals surface area contributed by atoms with E-state index in [1.165, 1.54) is 10.9 Å². The molecule has 2 aromatic heterocycles. The highest BCUT2D eigenvalue weighted by molar-refractivity contribution is 6.05. The van der Waals surface area contributed by atoms with E-state index >= 15 is 0 Å². The van der Waals surface area contributed by atoms with Gasteiger partial charge in [0.05, 0.1) is 23.3 Å². The van der Waals surface area contributed by atoms with Crippen LogP contribution in [-0.4, -0.2) is 31.9 Å². The Hall–Kier alpha value is -3.42. The summed E-state index contributed by atoms with van der Waals surface area (Å²) in [6, 6.07) is 7.01. The molecule has 0 unspecified atom stereocenters. The number of amides is 1. The Balaban J connectivity index is 1.90. The lowest BCUT2D eigenvalue weighted by atomic mass is 10.0. The lowest BCUT2D eigenvalue weighted by Crippen LogP contribution is -2.15. The van der Waals surface area contributed by atoms with E-state index in [4.69, 9.17) is 4.52 Å². The Morgan fingerprint density at radius 1 is 1.26 bits per heavy atom. The Kier molecular flexibility index (Phi) is 4.81. The number of anilines is 1. The van der Waals surface area contributed by atoms with E-state index in [0.29, 0.717) is 34.1 Å². The third-order valence-electron chi connectivity index (χ3n) is 4.23. The van der Waals surface area contributed by atoms with Crippen LogP contribution in [0.15, 0.2) is 35.0 Å². The SMILES string of the molecule is Cc1noc(C(C)C)c1C(=O)Nc1cccc(-n2ncc(C(=O)O)c2C)c1. The van der Waals surface area contributed by atoms with Crippen molar-refractivity contribution < 1.29 is 19.2 Å². The Morgan fingerprint density at radius 3 is 2.63 bits per heavy atom. The maximum Gasteiger partial charge on any atom is 0.339 e. The monoisotopic (exact) mass is 368 g/mol. The van der Waals surface area contributed by atoms with E-state index in [1.54, 1.807) is 38.1 Å². The lowest BCUT2D eigenvalue weighted by Gasteiger charge is -2.10. The summed E-state index contributed by atoms with van der Waals surface area (Å²) < 4.78 is 6.79. The molecule has 0 aliphatic heterocycles. The summed E-state index contributed by atoms with van der Waals surface area (Å²) in [5.41, 5.74) is 2.79. The summed E-state index contributed by atoms with van der Waals surface area (Å²) in [6.07, 6.45) is 1.30. The number of hydrogen-bond acceptors (Lipinski definition) is 5. The van der Waals surface area contributed by atoms with Gasteiger partial charge in [0.15, 0.2) is 5.76 Å². The zero-order valence-corrected chi connectivity index (χ0v) is 15.5. The summed E-state index contributed by atoms with van der Waals surface area (Å²) in [5, 5.41) is 20.0. The number of aromatic nitrogens is 3. The van der Waals surface area contributed by atoms with Crippen LogP contribution < -0.4 is 5.32 Å². The molecule has 0 fully saturated rings. The molecule has 0 aliphatic carbocycles. The number of benzene rings is 1. The van der Waals surface area contributed by atoms with Crippen molar-refractivity contribution in [2.75, 3.05) is 5.32 Å². The standard InChI is InChI=1S/C19H20N4O4/c1-10(2)17-16(11(3)22-27-17)18(24)21-13-6-5-7-14(8-13)23-12(4)15(9-20-23)19(25)26/h5-10H,1-4H3,(H,21,24)(H,25,26). The molecule has 1 aromatic carbocycles. The van der Waals surface area contributed by atoms with E-state index < -0.39 is 5.97 Å². The molecule has 3 aromatic rings. The summed E-state index contributed by atoms with van der Waals surface area (Å²) in [6.45, 7) is 7.26. The van der Waals surface area contributed by atoms with Gasteiger partial charge < -0.3 is 14.9 Å². The second-order valence-electron chi connectivity index (χ2n) is 6.53. The highest BCUT2D eigenvalue weighted by atomic mass is 16.5. The fourth-order valence-electron chi connectivity index (χ4n) is 2.85. The molecule has 140 valence electrons. The van der Waals surface area contributed by atoms with E-state index in [-0.39, 0.29) is 17.4 Å². The van der Waals surface area contributed by atoms with E-state index in [2.05, 4.69) is 15.6 Å². The van der Waals surface area contributed by atoms with Crippen molar-refractivity contribution in [3.8, 4) is 5.69 Å². The molecule has 0 spiro atoms. The molecule has 2 N–H and O–H groups in total. The first kappa shape index (κ1) is 18.4. The number of carboxylic acids is 1. The van der Waals surface area contributed by atoms with Crippen LogP contribution >= 0.6 is 0 Å². The van der Waals surface area contributed by atoms with Crippen molar-refractivity contribution >= 4 is 17.6 Å². The minimum Gasteiger partial charge on any atom is -0.478 e. The van der Waals surface area contributed by atoms with Gasteiger partial charge in [-0.1, -0.05) is 25.1 Å². The van der Waals surface area contributed by atoms with Gasteiger partial charge in [0.1, 0.15) is 11.1 Å². The predicted molar refractivity (Wildman–Crippen MR) is 98.5 cm³/mol. The maximum atomic E-state index is 12.7. The molecule has 0 saturated carbocycles. The van der Waals surface area contributed by atoms with Crippen LogP contribution in [0.2, 0.25) is 0 Å². The normalized spacial score (nSPS) is 11.0. The molecule has 2 heterocycles. The quantitative estimate of drug-likeness (QED) is 0.712. The van der Waals surface area contributed by atoms with Gasteiger partial charge in [-0.25, -0.2) is 9.48 Å². The number of hydrogen-bond donors (Lipinski definition) is 2. The second kappa shape index (κ2) is 7.06. The summed E-state index contributed by atoms with van der Waals surface area (Å²) in [4.78, 5) is 23.9. The number of aryl methyl sites for hydroxylation is 1. The fraction of sp³-hybridized carbons (Fsp3) is 0.263. The molecule has 8 nitrogen and oxygen atoms in total. The smallest absolute Gasteiger partial charge is 0.339 e. The topological polar surface area (TPSA) is 110 Å². The molecule has 0 bridgehead atoms. The molecular formula is C19H20N4O4. The van der Waals surface area contributed by atoms with Gasteiger partial charge >= 0.3 is 5.97 Å². The first-order chi connectivity index (χ1) is 12.8. The zero-order valence-electron chi connectivity index (χ0n) is 15.5. The van der Waals surface area contributed by atoms with Crippen molar-refractivity contribution in [3.05, 3.63) is 58.7 Å². The van der Waals surface area contributed by atoms with Gasteiger partial charge in [-0.15, -0.1) is 0 Å². The molecule has 3 rings (SSSR count). The number of carbonyl (C=O) groups excluding carboxylic acids is 1. The van der Waals surface area contributed by atoms with Crippen LogP contribution in [0.3, 0.4) is 0 Å². The van der Waals surface area contributed by atoms with Crippen LogP contribution in [0, 0.1) is 13.8 Å². The molecule has 27 heavy (non-hydrogen) atoms. The van der Waals surface area contributed by atoms with Gasteiger partial charge in [0.25, 0.3) is 5.91 Å². The number of nitrogens with zero attached hydrogens (tertiary/aromatic N) is 3. The minimum atomic E-state index is -1.03. The predicted octanol–water partition coefficient (Wildman–Crippen LogP) is 3.55. The van der Waals surface area contributed by atoms with Gasteiger partial charge in [0.2, 0.25) is 0 Å². The molecule has 1 amide bonds. The van der Waals surface area contributed by atoms with Crippen LogP contribution in [0.1, 0.15) is 57.6 Å². The van der Waals surface area contributed by atoms with Crippen LogP contribution in [0.25, 0.3) is 5.69 Å². The molecule has 0 aliphatic rings. The van der Waals surface area contributed by atoms with Crippen LogP contribution in [0.4, 0.5) is 5.69 Å². The molecule has 0 radical (unpaired) electrons. The average molecular weight is 368 g/mol. The summed E-state index contributed by atoms with van der Waals surface area (Å²) in [5.74, 6) is -0.778. The molecule has 0 saturated heterocycles. The molecule has 8 heteroatoms. The van der Waals surface area contributed by atoms with E-state index in [9.17, 15) is 14.7 Å². The van der Waals surface area contributed by atoms with Crippen molar-refractivity contribution in [1.82, 2.24) is 14.9 Å². The molecular weight excluding hydrogens is 348 g/mol. The number of aromatic carboxylic acids is 1. The maximum absolute atomic E-state index is 12.7. The summed E-state index contributed by atoms with van der Waals surface area (Å²) in [7, 11) is 0. The van der Waals surface area contributed by atoms with Gasteiger partial charge in [-0.3, -0.25) is 4.79 Å². The Labute approximate surface area is 155 Å². The first-order valence-electron chi connectivity index (χ1n) is 8.45. The third-order valence-corrected chi connectivity index (χ3v) is 4.23. The Bertz CT molecular complexity index is 1020. The van der Waals surface area contributed by atoms with Gasteiger partial charge in [0, 0.05) is 11.6 Å². The van der Waals surface area contributed by atoms with E-state index in [0.717, 1.165) is 0 Å². The average Bonchev–Trinajstić information content (AvgIpc) is 3.18. The lowest BCUT2D eigenvalue weighted by molar-refractivity contribution is 0.0696. The van der Waals surface area contributed by atoms with Gasteiger partial charge in [-0.2, -0.15) is 5.10 Å².